The molecule has 1 N–H and O–H groups in total. The minimum absolute atomic E-state index is 0.00685. The maximum atomic E-state index is 11.6. The molecule has 0 spiro atoms. The van der Waals surface area contributed by atoms with E-state index in [4.69, 9.17) is 9.47 Å². The first-order valence-electron chi connectivity index (χ1n) is 5.46. The maximum absolute atomic E-state index is 11.6. The predicted octanol–water partition coefficient (Wildman–Crippen LogP) is -1.00. The van der Waals surface area contributed by atoms with E-state index < -0.39 is 0 Å². The monoisotopic (exact) mass is 230 g/mol. The lowest BCUT2D eigenvalue weighted by atomic mass is 10.4. The molecule has 0 unspecified atom stereocenters. The summed E-state index contributed by atoms with van der Waals surface area (Å²) in [5, 5.41) is 2.76. The SMILES string of the molecule is CCOC(=O)CNCC(=O)N1CCOCC1. The summed E-state index contributed by atoms with van der Waals surface area (Å²) >= 11 is 0. The van der Waals surface area contributed by atoms with E-state index in [2.05, 4.69) is 5.32 Å². The van der Waals surface area contributed by atoms with Gasteiger partial charge in [-0.1, -0.05) is 0 Å². The Balaban J connectivity index is 2.12. The van der Waals surface area contributed by atoms with Gasteiger partial charge in [-0.25, -0.2) is 0 Å². The third kappa shape index (κ3) is 4.59. The van der Waals surface area contributed by atoms with E-state index in [0.717, 1.165) is 0 Å². The Morgan fingerprint density at radius 1 is 1.31 bits per heavy atom. The largest absolute Gasteiger partial charge is 0.465 e. The van der Waals surface area contributed by atoms with Crippen LogP contribution in [0.3, 0.4) is 0 Å². The van der Waals surface area contributed by atoms with Gasteiger partial charge >= 0.3 is 5.97 Å². The average Bonchev–Trinajstić information content (AvgIpc) is 2.30. The number of rotatable bonds is 5. The van der Waals surface area contributed by atoms with E-state index in [1.54, 1.807) is 11.8 Å². The molecule has 1 heterocycles. The van der Waals surface area contributed by atoms with Crippen molar-refractivity contribution in [3.8, 4) is 0 Å². The van der Waals surface area contributed by atoms with Gasteiger partial charge in [-0.05, 0) is 6.92 Å². The van der Waals surface area contributed by atoms with Gasteiger partial charge in [-0.15, -0.1) is 0 Å². The summed E-state index contributed by atoms with van der Waals surface area (Å²) in [7, 11) is 0. The topological polar surface area (TPSA) is 67.9 Å². The fraction of sp³-hybridized carbons (Fsp3) is 0.800. The summed E-state index contributed by atoms with van der Waals surface area (Å²) < 4.78 is 9.86. The van der Waals surface area contributed by atoms with Crippen LogP contribution in [-0.2, 0) is 19.1 Å². The zero-order valence-electron chi connectivity index (χ0n) is 9.53. The summed E-state index contributed by atoms with van der Waals surface area (Å²) in [5.41, 5.74) is 0. The molecule has 6 nitrogen and oxygen atoms in total. The molecule has 1 aliphatic rings. The quantitative estimate of drug-likeness (QED) is 0.613. The summed E-state index contributed by atoms with van der Waals surface area (Å²) in [6.45, 7) is 4.77. The Bertz CT molecular complexity index is 239. The van der Waals surface area contributed by atoms with Crippen molar-refractivity contribution in [3.63, 3.8) is 0 Å². The molecular weight excluding hydrogens is 212 g/mol. The molecule has 0 aromatic rings. The molecule has 0 radical (unpaired) electrons. The van der Waals surface area contributed by atoms with Gasteiger partial charge in [0.05, 0.1) is 32.9 Å². The van der Waals surface area contributed by atoms with Crippen LogP contribution < -0.4 is 5.32 Å². The third-order valence-corrected chi connectivity index (χ3v) is 2.21. The van der Waals surface area contributed by atoms with Crippen LogP contribution >= 0.6 is 0 Å². The number of carbonyl (C=O) groups is 2. The van der Waals surface area contributed by atoms with Crippen molar-refractivity contribution in [1.29, 1.82) is 0 Å². The minimum Gasteiger partial charge on any atom is -0.465 e. The van der Waals surface area contributed by atoms with Crippen molar-refractivity contribution in [2.24, 2.45) is 0 Å². The normalized spacial score (nSPS) is 15.9. The highest BCUT2D eigenvalue weighted by Crippen LogP contribution is 1.96. The number of hydrogen-bond acceptors (Lipinski definition) is 5. The van der Waals surface area contributed by atoms with Crippen LogP contribution in [0.5, 0.6) is 0 Å². The second-order valence-corrected chi connectivity index (χ2v) is 3.40. The van der Waals surface area contributed by atoms with E-state index >= 15 is 0 Å². The Morgan fingerprint density at radius 3 is 2.62 bits per heavy atom. The zero-order valence-corrected chi connectivity index (χ0v) is 9.53. The first kappa shape index (κ1) is 12.9. The number of morpholine rings is 1. The van der Waals surface area contributed by atoms with Crippen LogP contribution in [0.15, 0.2) is 0 Å². The number of carbonyl (C=O) groups excluding carboxylic acids is 2. The highest BCUT2D eigenvalue weighted by molar-refractivity contribution is 5.79. The van der Waals surface area contributed by atoms with Crippen molar-refractivity contribution in [2.45, 2.75) is 6.92 Å². The van der Waals surface area contributed by atoms with Crippen molar-refractivity contribution in [3.05, 3.63) is 0 Å². The van der Waals surface area contributed by atoms with Crippen molar-refractivity contribution >= 4 is 11.9 Å². The molecule has 16 heavy (non-hydrogen) atoms. The van der Waals surface area contributed by atoms with E-state index in [0.29, 0.717) is 32.9 Å². The molecule has 0 saturated carbocycles. The van der Waals surface area contributed by atoms with Gasteiger partial charge in [0.15, 0.2) is 0 Å². The molecule has 1 fully saturated rings. The molecule has 1 saturated heterocycles. The molecule has 0 aliphatic carbocycles. The summed E-state index contributed by atoms with van der Waals surface area (Å²) in [4.78, 5) is 24.3. The Labute approximate surface area is 94.9 Å². The number of esters is 1. The summed E-state index contributed by atoms with van der Waals surface area (Å²) in [6, 6.07) is 0. The highest BCUT2D eigenvalue weighted by Gasteiger charge is 2.16. The van der Waals surface area contributed by atoms with E-state index in [9.17, 15) is 9.59 Å². The minimum atomic E-state index is -0.336. The lowest BCUT2D eigenvalue weighted by Crippen LogP contribution is -2.45. The molecule has 6 heteroatoms. The smallest absolute Gasteiger partial charge is 0.319 e. The second kappa shape index (κ2) is 7.19. The van der Waals surface area contributed by atoms with Crippen LogP contribution in [-0.4, -0.2) is 62.8 Å². The van der Waals surface area contributed by atoms with Crippen molar-refractivity contribution < 1.29 is 19.1 Å². The molecule has 0 bridgehead atoms. The lowest BCUT2D eigenvalue weighted by Gasteiger charge is -2.26. The van der Waals surface area contributed by atoms with Gasteiger partial charge in [-0.3, -0.25) is 14.9 Å². The van der Waals surface area contributed by atoms with Gasteiger partial charge in [-0.2, -0.15) is 0 Å². The van der Waals surface area contributed by atoms with Gasteiger partial charge in [0.2, 0.25) is 5.91 Å². The van der Waals surface area contributed by atoms with Crippen LogP contribution in [0.2, 0.25) is 0 Å². The van der Waals surface area contributed by atoms with Crippen molar-refractivity contribution in [2.75, 3.05) is 46.0 Å². The highest BCUT2D eigenvalue weighted by atomic mass is 16.5. The van der Waals surface area contributed by atoms with Gasteiger partial charge < -0.3 is 14.4 Å². The molecule has 0 aromatic heterocycles. The number of hydrogen-bond donors (Lipinski definition) is 1. The molecule has 0 aromatic carbocycles. The second-order valence-electron chi connectivity index (χ2n) is 3.40. The van der Waals surface area contributed by atoms with Gasteiger partial charge in [0.25, 0.3) is 0 Å². The zero-order chi connectivity index (χ0) is 11.8. The molecule has 1 rings (SSSR count). The number of nitrogens with one attached hydrogen (secondary N) is 1. The fourth-order valence-electron chi connectivity index (χ4n) is 1.41. The molecule has 1 aliphatic heterocycles. The first-order valence-corrected chi connectivity index (χ1v) is 5.46. The summed E-state index contributed by atoms with van der Waals surface area (Å²) in [5.74, 6) is -0.343. The lowest BCUT2D eigenvalue weighted by molar-refractivity contribution is -0.142. The molecule has 0 atom stereocenters. The number of nitrogens with zero attached hydrogens (tertiary/aromatic N) is 1. The Kier molecular flexibility index (Phi) is 5.81. The van der Waals surface area contributed by atoms with E-state index in [-0.39, 0.29) is 25.0 Å². The van der Waals surface area contributed by atoms with Crippen molar-refractivity contribution in [1.82, 2.24) is 10.2 Å². The van der Waals surface area contributed by atoms with Crippen LogP contribution in [0, 0.1) is 0 Å². The Morgan fingerprint density at radius 2 is 2.00 bits per heavy atom. The fourth-order valence-corrected chi connectivity index (χ4v) is 1.41. The number of ether oxygens (including phenoxy) is 2. The van der Waals surface area contributed by atoms with Gasteiger partial charge in [0.1, 0.15) is 0 Å². The predicted molar refractivity (Wildman–Crippen MR) is 56.9 cm³/mol. The van der Waals surface area contributed by atoms with E-state index in [1.165, 1.54) is 0 Å². The standard InChI is InChI=1S/C10H18N2O4/c1-2-16-10(14)8-11-7-9(13)12-3-5-15-6-4-12/h11H,2-8H2,1H3. The number of amides is 1. The first-order chi connectivity index (χ1) is 7.74. The maximum Gasteiger partial charge on any atom is 0.319 e. The Hall–Kier alpha value is -1.14. The molecule has 92 valence electrons. The van der Waals surface area contributed by atoms with Crippen LogP contribution in [0.1, 0.15) is 6.92 Å². The average molecular weight is 230 g/mol. The molecule has 1 amide bonds. The molecular formula is C10H18N2O4. The van der Waals surface area contributed by atoms with Crippen LogP contribution in [0.4, 0.5) is 0 Å². The van der Waals surface area contributed by atoms with Crippen LogP contribution in [0.25, 0.3) is 0 Å². The third-order valence-electron chi connectivity index (χ3n) is 2.21. The summed E-state index contributed by atoms with van der Waals surface area (Å²) in [6.07, 6.45) is 0. The van der Waals surface area contributed by atoms with Gasteiger partial charge in [0, 0.05) is 13.1 Å². The van der Waals surface area contributed by atoms with E-state index in [1.807, 2.05) is 0 Å².